The monoisotopic (exact) mass is 360 g/mol. The first kappa shape index (κ1) is 17.0. The molecule has 0 aliphatic carbocycles. The van der Waals surface area contributed by atoms with Crippen LogP contribution in [-0.2, 0) is 17.9 Å². The third kappa shape index (κ3) is 3.60. The van der Waals surface area contributed by atoms with Gasteiger partial charge >= 0.3 is 0 Å². The molecular formula is C21H20N4O2. The van der Waals surface area contributed by atoms with Crippen LogP contribution in [0.15, 0.2) is 59.0 Å². The van der Waals surface area contributed by atoms with Crippen molar-refractivity contribution >= 4 is 16.8 Å². The Labute approximate surface area is 156 Å². The largest absolute Gasteiger partial charge is 0.420 e. The summed E-state index contributed by atoms with van der Waals surface area (Å²) in [5.74, 6) is 0.829. The Kier molecular flexibility index (Phi) is 4.46. The topological polar surface area (TPSA) is 73.0 Å². The van der Waals surface area contributed by atoms with E-state index in [0.717, 1.165) is 22.2 Å². The van der Waals surface area contributed by atoms with Gasteiger partial charge < -0.3 is 14.3 Å². The lowest BCUT2D eigenvalue weighted by Gasteiger charge is -2.10. The number of fused-ring (bicyclic) bond motifs is 1. The van der Waals surface area contributed by atoms with Crippen LogP contribution in [0, 0.1) is 13.8 Å². The molecule has 27 heavy (non-hydrogen) atoms. The summed E-state index contributed by atoms with van der Waals surface area (Å²) < 4.78 is 7.50. The number of hydrogen-bond acceptors (Lipinski definition) is 4. The second kappa shape index (κ2) is 7.07. The van der Waals surface area contributed by atoms with Gasteiger partial charge in [0.05, 0.1) is 0 Å². The number of carbonyl (C=O) groups excluding carboxylic acids is 1. The van der Waals surface area contributed by atoms with Crippen LogP contribution in [-0.4, -0.2) is 20.7 Å². The van der Waals surface area contributed by atoms with Gasteiger partial charge in [-0.25, -0.2) is 0 Å². The highest BCUT2D eigenvalue weighted by Crippen LogP contribution is 2.27. The number of hydrogen-bond donors (Lipinski definition) is 1. The molecule has 0 bridgehead atoms. The minimum atomic E-state index is -0.0746. The molecule has 4 rings (SSSR count). The molecule has 1 N–H and O–H groups in total. The molecule has 0 aliphatic heterocycles. The van der Waals surface area contributed by atoms with E-state index in [9.17, 15) is 4.79 Å². The summed E-state index contributed by atoms with van der Waals surface area (Å²) in [7, 11) is 0. The summed E-state index contributed by atoms with van der Waals surface area (Å²) in [5, 5.41) is 12.0. The van der Waals surface area contributed by atoms with Crippen molar-refractivity contribution in [3.8, 4) is 11.6 Å². The fourth-order valence-electron chi connectivity index (χ4n) is 3.06. The van der Waals surface area contributed by atoms with Crippen LogP contribution in [0.5, 0.6) is 0 Å². The highest BCUT2D eigenvalue weighted by molar-refractivity contribution is 5.88. The third-order valence-corrected chi connectivity index (χ3v) is 4.47. The van der Waals surface area contributed by atoms with E-state index < -0.39 is 0 Å². The Morgan fingerprint density at radius 2 is 1.85 bits per heavy atom. The molecule has 6 heteroatoms. The van der Waals surface area contributed by atoms with E-state index in [1.807, 2.05) is 66.1 Å². The van der Waals surface area contributed by atoms with Crippen LogP contribution < -0.4 is 5.32 Å². The predicted molar refractivity (Wildman–Crippen MR) is 103 cm³/mol. The van der Waals surface area contributed by atoms with Crippen LogP contribution in [0.25, 0.3) is 22.5 Å². The molecule has 0 unspecified atom stereocenters. The van der Waals surface area contributed by atoms with E-state index in [-0.39, 0.29) is 12.5 Å². The van der Waals surface area contributed by atoms with Gasteiger partial charge in [0.2, 0.25) is 11.8 Å². The Bertz CT molecular complexity index is 1090. The van der Waals surface area contributed by atoms with Crippen molar-refractivity contribution in [2.24, 2.45) is 0 Å². The molecule has 6 nitrogen and oxygen atoms in total. The minimum Gasteiger partial charge on any atom is -0.420 e. The van der Waals surface area contributed by atoms with Crippen LogP contribution in [0.3, 0.4) is 0 Å². The first-order valence-corrected chi connectivity index (χ1v) is 8.81. The number of nitrogens with zero attached hydrogens (tertiary/aromatic N) is 3. The summed E-state index contributed by atoms with van der Waals surface area (Å²) in [6.07, 6.45) is 0. The molecule has 0 fully saturated rings. The van der Waals surface area contributed by atoms with Gasteiger partial charge in [0.15, 0.2) is 0 Å². The zero-order valence-electron chi connectivity index (χ0n) is 15.3. The van der Waals surface area contributed by atoms with Crippen molar-refractivity contribution in [3.05, 3.63) is 71.6 Å². The normalized spacial score (nSPS) is 11.0. The van der Waals surface area contributed by atoms with Crippen LogP contribution in [0.2, 0.25) is 0 Å². The quantitative estimate of drug-likeness (QED) is 0.590. The first-order valence-electron chi connectivity index (χ1n) is 8.81. The molecule has 2 aromatic heterocycles. The van der Waals surface area contributed by atoms with E-state index >= 15 is 0 Å². The first-order chi connectivity index (χ1) is 13.1. The van der Waals surface area contributed by atoms with Crippen LogP contribution >= 0.6 is 0 Å². The highest BCUT2D eigenvalue weighted by Gasteiger charge is 2.17. The Morgan fingerprint density at radius 1 is 1.07 bits per heavy atom. The predicted octanol–water partition coefficient (Wildman–Crippen LogP) is 3.62. The standard InChI is InChI=1S/C21H20N4O2/c1-14-7-9-16(10-8-14)12-22-20(26)13-25-18-6-4-3-5-17(18)11-19(25)21-24-23-15(2)27-21/h3-11H,12-13H2,1-2H3,(H,22,26). The molecule has 2 aromatic carbocycles. The summed E-state index contributed by atoms with van der Waals surface area (Å²) >= 11 is 0. The lowest BCUT2D eigenvalue weighted by atomic mass is 10.1. The van der Waals surface area contributed by atoms with Gasteiger partial charge in [-0.3, -0.25) is 4.79 Å². The summed E-state index contributed by atoms with van der Waals surface area (Å²) in [5.41, 5.74) is 3.96. The third-order valence-electron chi connectivity index (χ3n) is 4.47. The van der Waals surface area contributed by atoms with E-state index in [1.165, 1.54) is 5.56 Å². The molecular weight excluding hydrogens is 340 g/mol. The van der Waals surface area contributed by atoms with E-state index in [0.29, 0.717) is 18.3 Å². The highest BCUT2D eigenvalue weighted by atomic mass is 16.4. The van der Waals surface area contributed by atoms with Crippen molar-refractivity contribution in [2.45, 2.75) is 26.9 Å². The molecule has 0 spiro atoms. The van der Waals surface area contributed by atoms with E-state index in [2.05, 4.69) is 15.5 Å². The van der Waals surface area contributed by atoms with Crippen LogP contribution in [0.1, 0.15) is 17.0 Å². The van der Waals surface area contributed by atoms with Crippen LogP contribution in [0.4, 0.5) is 0 Å². The SMILES string of the molecule is Cc1ccc(CNC(=O)Cn2c(-c3nnc(C)o3)cc3ccccc32)cc1. The molecule has 136 valence electrons. The van der Waals surface area contributed by atoms with Crippen molar-refractivity contribution in [2.75, 3.05) is 0 Å². The van der Waals surface area contributed by atoms with Crippen molar-refractivity contribution in [1.82, 2.24) is 20.1 Å². The van der Waals surface area contributed by atoms with E-state index in [4.69, 9.17) is 4.42 Å². The number of benzene rings is 2. The summed E-state index contributed by atoms with van der Waals surface area (Å²) in [6.45, 7) is 4.46. The Balaban J connectivity index is 1.58. The maximum absolute atomic E-state index is 12.6. The Hall–Kier alpha value is -3.41. The number of amides is 1. The zero-order valence-corrected chi connectivity index (χ0v) is 15.3. The van der Waals surface area contributed by atoms with Gasteiger partial charge in [0.1, 0.15) is 12.2 Å². The van der Waals surface area contributed by atoms with Gasteiger partial charge in [0.25, 0.3) is 5.89 Å². The summed E-state index contributed by atoms with van der Waals surface area (Å²) in [6, 6.07) is 18.0. The lowest BCUT2D eigenvalue weighted by Crippen LogP contribution is -2.27. The fourth-order valence-corrected chi connectivity index (χ4v) is 3.06. The summed E-state index contributed by atoms with van der Waals surface area (Å²) in [4.78, 5) is 12.6. The average Bonchev–Trinajstić information content (AvgIpc) is 3.25. The van der Waals surface area contributed by atoms with Gasteiger partial charge in [-0.15, -0.1) is 10.2 Å². The molecule has 4 aromatic rings. The molecule has 0 radical (unpaired) electrons. The average molecular weight is 360 g/mol. The molecule has 0 aliphatic rings. The number of para-hydroxylation sites is 1. The van der Waals surface area contributed by atoms with Crippen molar-refractivity contribution in [3.63, 3.8) is 0 Å². The second-order valence-corrected chi connectivity index (χ2v) is 6.56. The fraction of sp³-hybridized carbons (Fsp3) is 0.190. The number of rotatable bonds is 5. The lowest BCUT2D eigenvalue weighted by molar-refractivity contribution is -0.121. The Morgan fingerprint density at radius 3 is 2.59 bits per heavy atom. The number of aromatic nitrogens is 3. The molecule has 0 saturated carbocycles. The number of nitrogens with one attached hydrogen (secondary N) is 1. The smallest absolute Gasteiger partial charge is 0.264 e. The maximum Gasteiger partial charge on any atom is 0.264 e. The zero-order chi connectivity index (χ0) is 18.8. The maximum atomic E-state index is 12.6. The second-order valence-electron chi connectivity index (χ2n) is 6.56. The number of aryl methyl sites for hydroxylation is 2. The van der Waals surface area contributed by atoms with Gasteiger partial charge in [0, 0.05) is 24.4 Å². The van der Waals surface area contributed by atoms with Gasteiger partial charge in [-0.1, -0.05) is 48.0 Å². The van der Waals surface area contributed by atoms with Crippen molar-refractivity contribution in [1.29, 1.82) is 0 Å². The molecule has 2 heterocycles. The molecule has 0 atom stereocenters. The number of carbonyl (C=O) groups is 1. The molecule has 0 saturated heterocycles. The minimum absolute atomic E-state index is 0.0746. The molecule has 1 amide bonds. The van der Waals surface area contributed by atoms with Gasteiger partial charge in [-0.05, 0) is 24.6 Å². The van der Waals surface area contributed by atoms with E-state index in [1.54, 1.807) is 6.92 Å². The van der Waals surface area contributed by atoms with Gasteiger partial charge in [-0.2, -0.15) is 0 Å². The van der Waals surface area contributed by atoms with Crippen molar-refractivity contribution < 1.29 is 9.21 Å².